The molecule has 3 aromatic carbocycles. The number of rotatable bonds is 8. The molecule has 0 radical (unpaired) electrons. The van der Waals surface area contributed by atoms with E-state index in [1.165, 1.54) is 12.8 Å². The van der Waals surface area contributed by atoms with Gasteiger partial charge in [0.15, 0.2) is 5.78 Å². The predicted octanol–water partition coefficient (Wildman–Crippen LogP) is 7.83. The van der Waals surface area contributed by atoms with E-state index in [9.17, 15) is 9.59 Å². The highest BCUT2D eigenvalue weighted by Crippen LogP contribution is 2.37. The molecular weight excluding hydrogens is 516 g/mol. The zero-order valence-corrected chi connectivity index (χ0v) is 24.3. The SMILES string of the molecule is C/C(=N\OC(=O)C1(N2CCCCC2)CCCCC1)c1ccc(Sc2ccc(C(=O)c3ccccc3C)cc2)cc1. The fourth-order valence-corrected chi connectivity index (χ4v) is 6.73. The van der Waals surface area contributed by atoms with E-state index in [1.54, 1.807) is 11.8 Å². The maximum atomic E-state index is 13.4. The fourth-order valence-electron chi connectivity index (χ4n) is 5.91. The molecule has 1 aliphatic heterocycles. The molecule has 0 unspecified atom stereocenters. The molecule has 6 heteroatoms. The van der Waals surface area contributed by atoms with Crippen molar-refractivity contribution >= 4 is 29.2 Å². The van der Waals surface area contributed by atoms with Gasteiger partial charge in [-0.05, 0) is 100 Å². The van der Waals surface area contributed by atoms with Gasteiger partial charge in [0.25, 0.3) is 0 Å². The molecule has 1 saturated carbocycles. The number of aryl methyl sites for hydroxylation is 1. The van der Waals surface area contributed by atoms with Gasteiger partial charge in [-0.15, -0.1) is 0 Å². The highest BCUT2D eigenvalue weighted by atomic mass is 32.2. The predicted molar refractivity (Wildman–Crippen MR) is 161 cm³/mol. The van der Waals surface area contributed by atoms with E-state index in [2.05, 4.69) is 10.1 Å². The molecule has 40 heavy (non-hydrogen) atoms. The number of nitrogens with zero attached hydrogens (tertiary/aromatic N) is 2. The number of piperidine rings is 1. The van der Waals surface area contributed by atoms with Crippen LogP contribution in [0.25, 0.3) is 0 Å². The van der Waals surface area contributed by atoms with Gasteiger partial charge in [-0.1, -0.05) is 79.0 Å². The highest BCUT2D eigenvalue weighted by molar-refractivity contribution is 7.99. The smallest absolute Gasteiger partial charge is 0.316 e. The molecule has 1 heterocycles. The first kappa shape index (κ1) is 28.3. The summed E-state index contributed by atoms with van der Waals surface area (Å²) in [6.07, 6.45) is 8.60. The lowest BCUT2D eigenvalue weighted by Gasteiger charge is -2.45. The highest BCUT2D eigenvalue weighted by Gasteiger charge is 2.46. The Labute approximate surface area is 242 Å². The number of hydrogen-bond donors (Lipinski definition) is 0. The van der Waals surface area contributed by atoms with Crippen LogP contribution in [0.5, 0.6) is 0 Å². The summed E-state index contributed by atoms with van der Waals surface area (Å²) in [7, 11) is 0. The number of benzene rings is 3. The second kappa shape index (κ2) is 13.0. The molecule has 2 fully saturated rings. The van der Waals surface area contributed by atoms with E-state index in [0.717, 1.165) is 78.1 Å². The van der Waals surface area contributed by atoms with Gasteiger partial charge in [0.1, 0.15) is 5.54 Å². The normalized spacial score (nSPS) is 17.8. The molecule has 0 N–H and O–H groups in total. The third-order valence-corrected chi connectivity index (χ3v) is 9.32. The Bertz CT molecular complexity index is 1350. The van der Waals surface area contributed by atoms with Crippen molar-refractivity contribution in [3.8, 4) is 0 Å². The number of carbonyl (C=O) groups excluding carboxylic acids is 2. The molecule has 0 aromatic heterocycles. The van der Waals surface area contributed by atoms with E-state index in [-0.39, 0.29) is 11.8 Å². The maximum Gasteiger partial charge on any atom is 0.355 e. The van der Waals surface area contributed by atoms with Crippen LogP contribution in [0.15, 0.2) is 87.7 Å². The average molecular weight is 555 g/mol. The topological polar surface area (TPSA) is 59.0 Å². The van der Waals surface area contributed by atoms with Gasteiger partial charge in [0, 0.05) is 20.9 Å². The van der Waals surface area contributed by atoms with Crippen molar-refractivity contribution in [1.29, 1.82) is 0 Å². The number of ketones is 1. The number of oxime groups is 1. The van der Waals surface area contributed by atoms with Crippen LogP contribution in [0.2, 0.25) is 0 Å². The second-order valence-electron chi connectivity index (χ2n) is 11.0. The zero-order chi connectivity index (χ0) is 28.0. The van der Waals surface area contributed by atoms with Crippen LogP contribution in [0.3, 0.4) is 0 Å². The molecule has 2 aliphatic rings. The third kappa shape index (κ3) is 6.39. The van der Waals surface area contributed by atoms with Crippen LogP contribution in [0.1, 0.15) is 85.3 Å². The summed E-state index contributed by atoms with van der Waals surface area (Å²) < 4.78 is 0. The van der Waals surface area contributed by atoms with Crippen molar-refractivity contribution in [1.82, 2.24) is 4.90 Å². The molecule has 0 amide bonds. The number of hydrogen-bond acceptors (Lipinski definition) is 6. The second-order valence-corrected chi connectivity index (χ2v) is 12.1. The first-order valence-electron chi connectivity index (χ1n) is 14.5. The van der Waals surface area contributed by atoms with Crippen molar-refractivity contribution in [3.05, 3.63) is 95.1 Å². The van der Waals surface area contributed by atoms with Gasteiger partial charge in [0.05, 0.1) is 5.71 Å². The van der Waals surface area contributed by atoms with Gasteiger partial charge < -0.3 is 4.84 Å². The Morgan fingerprint density at radius 3 is 1.98 bits per heavy atom. The van der Waals surface area contributed by atoms with Crippen LogP contribution in [-0.2, 0) is 9.63 Å². The monoisotopic (exact) mass is 554 g/mol. The summed E-state index contributed by atoms with van der Waals surface area (Å²) in [5, 5.41) is 4.28. The molecule has 0 atom stereocenters. The third-order valence-electron chi connectivity index (χ3n) is 8.30. The van der Waals surface area contributed by atoms with Crippen molar-refractivity contribution in [3.63, 3.8) is 0 Å². The minimum Gasteiger partial charge on any atom is -0.316 e. The molecule has 0 bridgehead atoms. The van der Waals surface area contributed by atoms with Crippen LogP contribution in [-0.4, -0.2) is 41.0 Å². The summed E-state index contributed by atoms with van der Waals surface area (Å²) in [4.78, 5) is 36.4. The molecular formula is C34H38N2O3S. The maximum absolute atomic E-state index is 13.4. The van der Waals surface area contributed by atoms with Crippen molar-refractivity contribution in [2.45, 2.75) is 80.5 Å². The first-order valence-corrected chi connectivity index (χ1v) is 15.3. The van der Waals surface area contributed by atoms with E-state index in [1.807, 2.05) is 86.6 Å². The summed E-state index contributed by atoms with van der Waals surface area (Å²) in [5.74, 6) is -0.148. The Morgan fingerprint density at radius 1 is 0.775 bits per heavy atom. The quantitative estimate of drug-likeness (QED) is 0.123. The van der Waals surface area contributed by atoms with E-state index >= 15 is 0 Å². The lowest BCUT2D eigenvalue weighted by Crippen LogP contribution is -2.57. The average Bonchev–Trinajstić information content (AvgIpc) is 3.01. The first-order chi connectivity index (χ1) is 19.5. The molecule has 5 rings (SSSR count). The summed E-state index contributed by atoms with van der Waals surface area (Å²) >= 11 is 1.64. The number of carbonyl (C=O) groups is 2. The van der Waals surface area contributed by atoms with Crippen LogP contribution in [0.4, 0.5) is 0 Å². The lowest BCUT2D eigenvalue weighted by atomic mass is 9.79. The van der Waals surface area contributed by atoms with Crippen molar-refractivity contribution in [2.75, 3.05) is 13.1 Å². The van der Waals surface area contributed by atoms with Gasteiger partial charge in [-0.3, -0.25) is 9.69 Å². The van der Waals surface area contributed by atoms with E-state index < -0.39 is 5.54 Å². The largest absolute Gasteiger partial charge is 0.355 e. The lowest BCUT2D eigenvalue weighted by molar-refractivity contribution is -0.162. The number of likely N-dealkylation sites (tertiary alicyclic amines) is 1. The zero-order valence-electron chi connectivity index (χ0n) is 23.5. The molecule has 0 spiro atoms. The summed E-state index contributed by atoms with van der Waals surface area (Å²) in [5.41, 5.74) is 3.51. The van der Waals surface area contributed by atoms with Crippen LogP contribution >= 0.6 is 11.8 Å². The molecule has 1 saturated heterocycles. The fraction of sp³-hybridized carbons (Fsp3) is 0.382. The standard InChI is InChI=1S/C34H38N2O3S/c1-25-11-5-6-12-31(25)32(37)28-15-19-30(20-16-28)40-29-17-13-27(14-18-29)26(2)35-39-33(38)34(21-7-3-8-22-34)36-23-9-4-10-24-36/h5-6,11-20H,3-4,7-10,21-24H2,1-2H3/b35-26+. The van der Waals surface area contributed by atoms with Gasteiger partial charge in [-0.25, -0.2) is 4.79 Å². The molecule has 3 aromatic rings. The minimum absolute atomic E-state index is 0.0415. The Balaban J connectivity index is 1.21. The van der Waals surface area contributed by atoms with Crippen LogP contribution < -0.4 is 0 Å². The van der Waals surface area contributed by atoms with E-state index in [4.69, 9.17) is 4.84 Å². The van der Waals surface area contributed by atoms with Crippen molar-refractivity contribution < 1.29 is 14.4 Å². The molecule has 1 aliphatic carbocycles. The van der Waals surface area contributed by atoms with Crippen molar-refractivity contribution in [2.24, 2.45) is 5.16 Å². The van der Waals surface area contributed by atoms with E-state index in [0.29, 0.717) is 11.3 Å². The molecule has 5 nitrogen and oxygen atoms in total. The Kier molecular flexibility index (Phi) is 9.18. The van der Waals surface area contributed by atoms with Gasteiger partial charge in [-0.2, -0.15) is 0 Å². The van der Waals surface area contributed by atoms with Gasteiger partial charge >= 0.3 is 5.97 Å². The Morgan fingerprint density at radius 2 is 1.35 bits per heavy atom. The van der Waals surface area contributed by atoms with Crippen LogP contribution in [0, 0.1) is 6.92 Å². The minimum atomic E-state index is -0.511. The van der Waals surface area contributed by atoms with Gasteiger partial charge in [0.2, 0.25) is 0 Å². The summed E-state index contributed by atoms with van der Waals surface area (Å²) in [6.45, 7) is 5.79. The summed E-state index contributed by atoms with van der Waals surface area (Å²) in [6, 6.07) is 23.5. The molecule has 208 valence electrons. The Hall–Kier alpha value is -3.22.